The van der Waals surface area contributed by atoms with Crippen LogP contribution < -0.4 is 0 Å². The number of aryl methyl sites for hydroxylation is 1. The van der Waals surface area contributed by atoms with Crippen molar-refractivity contribution in [3.05, 3.63) is 41.1 Å². The summed E-state index contributed by atoms with van der Waals surface area (Å²) < 4.78 is 24.4. The third kappa shape index (κ3) is 2.37. The fourth-order valence-corrected chi connectivity index (χ4v) is 2.93. The van der Waals surface area contributed by atoms with Gasteiger partial charge in [-0.1, -0.05) is 0 Å². The van der Waals surface area contributed by atoms with E-state index in [4.69, 9.17) is 21.2 Å². The third-order valence-electron chi connectivity index (χ3n) is 2.60. The van der Waals surface area contributed by atoms with E-state index in [0.717, 1.165) is 4.68 Å². The highest BCUT2D eigenvalue weighted by molar-refractivity contribution is 8.13. The van der Waals surface area contributed by atoms with Gasteiger partial charge in [0, 0.05) is 10.7 Å². The Bertz CT molecular complexity index is 855. The number of aromatic nitrogens is 2. The molecule has 1 aromatic heterocycles. The zero-order chi connectivity index (χ0) is 14.9. The van der Waals surface area contributed by atoms with Crippen LogP contribution in [0.25, 0.3) is 5.69 Å². The molecule has 0 fully saturated rings. The lowest BCUT2D eigenvalue weighted by atomic mass is 10.2. The topological polar surface area (TPSA) is 99.5 Å². The van der Waals surface area contributed by atoms with E-state index in [-0.39, 0.29) is 16.3 Å². The third-order valence-corrected chi connectivity index (χ3v) is 3.88. The van der Waals surface area contributed by atoms with Crippen LogP contribution in [0.5, 0.6) is 0 Å². The molecule has 6 nitrogen and oxygen atoms in total. The van der Waals surface area contributed by atoms with E-state index in [9.17, 15) is 8.42 Å². The van der Waals surface area contributed by atoms with E-state index < -0.39 is 9.05 Å². The molecule has 0 aliphatic rings. The van der Waals surface area contributed by atoms with Gasteiger partial charge in [-0.05, 0) is 31.2 Å². The minimum Gasteiger partial charge on any atom is -0.219 e. The highest BCUT2D eigenvalue weighted by Gasteiger charge is 2.26. The first-order valence-electron chi connectivity index (χ1n) is 5.33. The Kier molecular flexibility index (Phi) is 3.49. The lowest BCUT2D eigenvalue weighted by Crippen LogP contribution is -2.06. The van der Waals surface area contributed by atoms with Crippen LogP contribution in [0.4, 0.5) is 0 Å². The Hall–Kier alpha value is -2.35. The summed E-state index contributed by atoms with van der Waals surface area (Å²) >= 11 is 0. The van der Waals surface area contributed by atoms with Crippen LogP contribution in [-0.2, 0) is 9.05 Å². The summed E-state index contributed by atoms with van der Waals surface area (Å²) in [5, 5.41) is 21.4. The van der Waals surface area contributed by atoms with Crippen molar-refractivity contribution < 1.29 is 8.42 Å². The van der Waals surface area contributed by atoms with Gasteiger partial charge in [-0.25, -0.2) is 13.1 Å². The number of hydrogen-bond acceptors (Lipinski definition) is 5. The van der Waals surface area contributed by atoms with Crippen LogP contribution in [-0.4, -0.2) is 18.2 Å². The summed E-state index contributed by atoms with van der Waals surface area (Å²) in [7, 11) is 1.24. The predicted octanol–water partition coefficient (Wildman–Crippen LogP) is 1.85. The first-order chi connectivity index (χ1) is 9.38. The molecule has 1 heterocycles. The van der Waals surface area contributed by atoms with E-state index in [1.54, 1.807) is 6.07 Å². The lowest BCUT2D eigenvalue weighted by Gasteiger charge is -2.04. The summed E-state index contributed by atoms with van der Waals surface area (Å²) in [4.78, 5) is 0. The second-order valence-electron chi connectivity index (χ2n) is 3.89. The van der Waals surface area contributed by atoms with Gasteiger partial charge in [0.2, 0.25) is 0 Å². The van der Waals surface area contributed by atoms with Crippen molar-refractivity contribution in [1.29, 1.82) is 10.5 Å². The SMILES string of the molecule is Cc1nn(-c2ccc(C#N)cc2)c(S(=O)(=O)Cl)c1C#N. The molecule has 0 amide bonds. The molecule has 0 aliphatic heterocycles. The lowest BCUT2D eigenvalue weighted by molar-refractivity contribution is 0.599. The minimum absolute atomic E-state index is 0.0932. The average molecular weight is 307 g/mol. The number of hydrogen-bond donors (Lipinski definition) is 0. The Morgan fingerprint density at radius 2 is 1.80 bits per heavy atom. The van der Waals surface area contributed by atoms with Crippen LogP contribution >= 0.6 is 10.7 Å². The molecular formula is C12H7ClN4O2S. The first kappa shape index (κ1) is 14.1. The van der Waals surface area contributed by atoms with Gasteiger partial charge in [0.05, 0.1) is 23.0 Å². The molecule has 0 N–H and O–H groups in total. The van der Waals surface area contributed by atoms with Crippen molar-refractivity contribution in [3.8, 4) is 17.8 Å². The van der Waals surface area contributed by atoms with Gasteiger partial charge < -0.3 is 0 Å². The number of benzene rings is 1. The summed E-state index contributed by atoms with van der Waals surface area (Å²) in [6.07, 6.45) is 0. The second kappa shape index (κ2) is 4.97. The standard InChI is InChI=1S/C12H7ClN4O2S/c1-8-11(7-15)12(20(13,18)19)17(16-8)10-4-2-9(6-14)3-5-10/h2-5H,1H3. The molecule has 0 saturated carbocycles. The molecule has 8 heteroatoms. The van der Waals surface area contributed by atoms with Crippen molar-refractivity contribution in [2.24, 2.45) is 0 Å². The first-order valence-corrected chi connectivity index (χ1v) is 7.64. The normalized spacial score (nSPS) is 10.8. The zero-order valence-corrected chi connectivity index (χ0v) is 11.8. The summed E-state index contributed by atoms with van der Waals surface area (Å²) in [6, 6.07) is 9.82. The number of nitriles is 2. The van der Waals surface area contributed by atoms with Gasteiger partial charge in [-0.3, -0.25) is 0 Å². The average Bonchev–Trinajstić information content (AvgIpc) is 2.75. The molecule has 0 bridgehead atoms. The molecule has 0 aliphatic carbocycles. The van der Waals surface area contributed by atoms with Crippen LogP contribution in [0, 0.1) is 29.6 Å². The second-order valence-corrected chi connectivity index (χ2v) is 6.37. The molecule has 0 radical (unpaired) electrons. The van der Waals surface area contributed by atoms with Crippen LogP contribution in [0.15, 0.2) is 29.3 Å². The fraction of sp³-hybridized carbons (Fsp3) is 0.0833. The van der Waals surface area contributed by atoms with Crippen LogP contribution in [0.2, 0.25) is 0 Å². The number of halogens is 1. The molecule has 2 aromatic rings. The Morgan fingerprint density at radius 3 is 2.25 bits per heavy atom. The van der Waals surface area contributed by atoms with Gasteiger partial charge in [-0.15, -0.1) is 0 Å². The van der Waals surface area contributed by atoms with Gasteiger partial charge >= 0.3 is 0 Å². The smallest absolute Gasteiger partial charge is 0.219 e. The van der Waals surface area contributed by atoms with Gasteiger partial charge in [-0.2, -0.15) is 15.6 Å². The largest absolute Gasteiger partial charge is 0.280 e. The Labute approximate surface area is 119 Å². The molecule has 2 rings (SSSR count). The van der Waals surface area contributed by atoms with Crippen molar-refractivity contribution >= 4 is 19.7 Å². The number of rotatable bonds is 2. The fourth-order valence-electron chi connectivity index (χ4n) is 1.71. The van der Waals surface area contributed by atoms with E-state index in [1.807, 2.05) is 6.07 Å². The van der Waals surface area contributed by atoms with Crippen LogP contribution in [0.3, 0.4) is 0 Å². The summed E-state index contributed by atoms with van der Waals surface area (Å²) in [5.74, 6) is 0. The summed E-state index contributed by atoms with van der Waals surface area (Å²) in [5.41, 5.74) is 0.988. The highest BCUT2D eigenvalue weighted by Crippen LogP contribution is 2.25. The van der Waals surface area contributed by atoms with E-state index in [0.29, 0.717) is 11.3 Å². The molecule has 0 atom stereocenters. The maximum atomic E-state index is 11.6. The number of nitrogens with zero attached hydrogens (tertiary/aromatic N) is 4. The van der Waals surface area contributed by atoms with Crippen LogP contribution in [0.1, 0.15) is 16.8 Å². The summed E-state index contributed by atoms with van der Waals surface area (Å²) in [6.45, 7) is 1.52. The molecular weight excluding hydrogens is 300 g/mol. The maximum Gasteiger partial charge on any atom is 0.280 e. The molecule has 20 heavy (non-hydrogen) atoms. The highest BCUT2D eigenvalue weighted by atomic mass is 35.7. The molecule has 0 unspecified atom stereocenters. The Balaban J connectivity index is 2.75. The van der Waals surface area contributed by atoms with Gasteiger partial charge in [0.25, 0.3) is 9.05 Å². The monoisotopic (exact) mass is 306 g/mol. The maximum absolute atomic E-state index is 11.6. The van der Waals surface area contributed by atoms with E-state index >= 15 is 0 Å². The van der Waals surface area contributed by atoms with Crippen molar-refractivity contribution in [2.45, 2.75) is 11.9 Å². The molecule has 0 saturated heterocycles. The minimum atomic E-state index is -4.13. The van der Waals surface area contributed by atoms with E-state index in [1.165, 1.54) is 31.2 Å². The van der Waals surface area contributed by atoms with Crippen molar-refractivity contribution in [1.82, 2.24) is 9.78 Å². The predicted molar refractivity (Wildman–Crippen MR) is 70.8 cm³/mol. The molecule has 1 aromatic carbocycles. The molecule has 100 valence electrons. The van der Waals surface area contributed by atoms with E-state index in [2.05, 4.69) is 5.10 Å². The van der Waals surface area contributed by atoms with Crippen molar-refractivity contribution in [3.63, 3.8) is 0 Å². The molecule has 0 spiro atoms. The Morgan fingerprint density at radius 1 is 1.20 bits per heavy atom. The quantitative estimate of drug-likeness (QED) is 0.788. The van der Waals surface area contributed by atoms with Gasteiger partial charge in [0.15, 0.2) is 5.03 Å². The van der Waals surface area contributed by atoms with Gasteiger partial charge in [0.1, 0.15) is 11.6 Å². The van der Waals surface area contributed by atoms with Crippen molar-refractivity contribution in [2.75, 3.05) is 0 Å². The zero-order valence-electron chi connectivity index (χ0n) is 10.2.